The Morgan fingerprint density at radius 3 is 2.58 bits per heavy atom. The molecule has 0 aromatic carbocycles. The van der Waals surface area contributed by atoms with E-state index in [2.05, 4.69) is 10.1 Å². The Hall–Kier alpha value is -2.53. The van der Waals surface area contributed by atoms with Crippen LogP contribution in [0.5, 0.6) is 0 Å². The number of sulfonamides is 1. The number of carbonyl (C=O) groups excluding carboxylic acids is 2. The summed E-state index contributed by atoms with van der Waals surface area (Å²) in [6.45, 7) is 2.24. The van der Waals surface area contributed by atoms with Gasteiger partial charge in [-0.25, -0.2) is 22.7 Å². The average molecular weight is 381 g/mol. The van der Waals surface area contributed by atoms with E-state index >= 15 is 0 Å². The molecule has 1 fully saturated rings. The van der Waals surface area contributed by atoms with Crippen molar-refractivity contribution in [3.05, 3.63) is 29.7 Å². The van der Waals surface area contributed by atoms with Crippen molar-refractivity contribution in [1.29, 1.82) is 0 Å². The van der Waals surface area contributed by atoms with Crippen LogP contribution in [0.3, 0.4) is 0 Å². The van der Waals surface area contributed by atoms with Crippen LogP contribution in [-0.2, 0) is 19.6 Å². The SMILES string of the molecule is Cc1nn2cccnc2c1C(=O)OCC(=O)N1CCN(S(C)(=O)=O)CC1. The molecule has 3 heterocycles. The molecule has 0 N–H and O–H groups in total. The summed E-state index contributed by atoms with van der Waals surface area (Å²) in [7, 11) is -3.26. The van der Waals surface area contributed by atoms with Gasteiger partial charge in [0.05, 0.1) is 11.9 Å². The third-order valence-electron chi connectivity index (χ3n) is 4.16. The molecule has 1 aliphatic rings. The molecule has 0 radical (unpaired) electrons. The fourth-order valence-corrected chi connectivity index (χ4v) is 3.62. The van der Waals surface area contributed by atoms with Crippen LogP contribution in [-0.4, -0.2) is 83.1 Å². The summed E-state index contributed by atoms with van der Waals surface area (Å²) in [6, 6.07) is 1.69. The molecule has 10 nitrogen and oxygen atoms in total. The Bertz CT molecular complexity index is 946. The molecule has 1 amide bonds. The van der Waals surface area contributed by atoms with E-state index in [0.29, 0.717) is 11.3 Å². The fraction of sp³-hybridized carbons (Fsp3) is 0.467. The lowest BCUT2D eigenvalue weighted by molar-refractivity contribution is -0.135. The number of aromatic nitrogens is 3. The smallest absolute Gasteiger partial charge is 0.344 e. The number of amides is 1. The highest BCUT2D eigenvalue weighted by Gasteiger charge is 2.27. The monoisotopic (exact) mass is 381 g/mol. The summed E-state index contributed by atoms with van der Waals surface area (Å²) in [4.78, 5) is 30.2. The number of fused-ring (bicyclic) bond motifs is 1. The van der Waals surface area contributed by atoms with E-state index in [1.807, 2.05) is 0 Å². The van der Waals surface area contributed by atoms with Gasteiger partial charge < -0.3 is 9.64 Å². The number of piperazine rings is 1. The third kappa shape index (κ3) is 3.68. The highest BCUT2D eigenvalue weighted by molar-refractivity contribution is 7.88. The largest absolute Gasteiger partial charge is 0.452 e. The van der Waals surface area contributed by atoms with Gasteiger partial charge in [0, 0.05) is 38.6 Å². The molecule has 1 aliphatic heterocycles. The molecular formula is C15H19N5O5S. The van der Waals surface area contributed by atoms with E-state index < -0.39 is 22.6 Å². The van der Waals surface area contributed by atoms with Crippen LogP contribution in [0.2, 0.25) is 0 Å². The fourth-order valence-electron chi connectivity index (χ4n) is 2.80. The molecule has 2 aromatic rings. The number of nitrogens with zero attached hydrogens (tertiary/aromatic N) is 5. The number of rotatable bonds is 4. The molecule has 0 spiro atoms. The van der Waals surface area contributed by atoms with Gasteiger partial charge in [0.15, 0.2) is 12.3 Å². The summed E-state index contributed by atoms with van der Waals surface area (Å²) < 4.78 is 30.9. The van der Waals surface area contributed by atoms with Gasteiger partial charge in [-0.15, -0.1) is 0 Å². The Kier molecular flexibility index (Phi) is 4.92. The Balaban J connectivity index is 1.60. The molecule has 0 atom stereocenters. The topological polar surface area (TPSA) is 114 Å². The molecule has 26 heavy (non-hydrogen) atoms. The van der Waals surface area contributed by atoms with E-state index in [1.165, 1.54) is 13.7 Å². The summed E-state index contributed by atoms with van der Waals surface area (Å²) in [6.07, 6.45) is 4.34. The first-order chi connectivity index (χ1) is 12.3. The molecular weight excluding hydrogens is 362 g/mol. The van der Waals surface area contributed by atoms with Crippen LogP contribution >= 0.6 is 0 Å². The number of esters is 1. The van der Waals surface area contributed by atoms with Crippen molar-refractivity contribution in [3.8, 4) is 0 Å². The van der Waals surface area contributed by atoms with Crippen LogP contribution in [0.15, 0.2) is 18.5 Å². The minimum Gasteiger partial charge on any atom is -0.452 e. The number of hydrogen-bond acceptors (Lipinski definition) is 7. The maximum Gasteiger partial charge on any atom is 0.344 e. The van der Waals surface area contributed by atoms with Crippen molar-refractivity contribution in [2.45, 2.75) is 6.92 Å². The van der Waals surface area contributed by atoms with Gasteiger partial charge in [0.2, 0.25) is 10.0 Å². The number of aryl methyl sites for hydroxylation is 1. The third-order valence-corrected chi connectivity index (χ3v) is 5.46. The minimum atomic E-state index is -3.26. The van der Waals surface area contributed by atoms with Gasteiger partial charge in [-0.3, -0.25) is 4.79 Å². The van der Waals surface area contributed by atoms with Crippen molar-refractivity contribution in [2.75, 3.05) is 39.0 Å². The molecule has 0 saturated carbocycles. The van der Waals surface area contributed by atoms with Crippen molar-refractivity contribution in [2.24, 2.45) is 0 Å². The number of carbonyl (C=O) groups is 2. The second kappa shape index (κ2) is 7.00. The molecule has 0 unspecified atom stereocenters. The van der Waals surface area contributed by atoms with E-state index in [9.17, 15) is 18.0 Å². The van der Waals surface area contributed by atoms with Crippen LogP contribution in [0.4, 0.5) is 0 Å². The highest BCUT2D eigenvalue weighted by atomic mass is 32.2. The predicted octanol–water partition coefficient (Wildman–Crippen LogP) is -0.702. The van der Waals surface area contributed by atoms with Crippen molar-refractivity contribution in [1.82, 2.24) is 23.8 Å². The zero-order chi connectivity index (χ0) is 18.9. The first-order valence-corrected chi connectivity index (χ1v) is 9.82. The Labute approximate surface area is 150 Å². The quantitative estimate of drug-likeness (QED) is 0.643. The lowest BCUT2D eigenvalue weighted by Gasteiger charge is -2.33. The lowest BCUT2D eigenvalue weighted by atomic mass is 10.2. The van der Waals surface area contributed by atoms with Crippen molar-refractivity contribution < 1.29 is 22.7 Å². The molecule has 11 heteroatoms. The van der Waals surface area contributed by atoms with Crippen molar-refractivity contribution >= 4 is 27.5 Å². The molecule has 0 bridgehead atoms. The van der Waals surface area contributed by atoms with E-state index in [0.717, 1.165) is 6.26 Å². The molecule has 1 saturated heterocycles. The van der Waals surface area contributed by atoms with Gasteiger partial charge in [0.1, 0.15) is 5.56 Å². The second-order valence-corrected chi connectivity index (χ2v) is 7.95. The minimum absolute atomic E-state index is 0.222. The Morgan fingerprint density at radius 2 is 1.92 bits per heavy atom. The van der Waals surface area contributed by atoms with E-state index in [4.69, 9.17) is 4.74 Å². The first-order valence-electron chi connectivity index (χ1n) is 7.97. The molecule has 0 aliphatic carbocycles. The predicted molar refractivity (Wildman–Crippen MR) is 91.0 cm³/mol. The molecule has 140 valence electrons. The van der Waals surface area contributed by atoms with Gasteiger partial charge in [0.25, 0.3) is 5.91 Å². The Morgan fingerprint density at radius 1 is 1.23 bits per heavy atom. The highest BCUT2D eigenvalue weighted by Crippen LogP contribution is 2.14. The maximum atomic E-state index is 12.3. The van der Waals surface area contributed by atoms with Crippen molar-refractivity contribution in [3.63, 3.8) is 0 Å². The molecule has 3 rings (SSSR count). The molecule has 2 aromatic heterocycles. The second-order valence-electron chi connectivity index (χ2n) is 5.97. The van der Waals surface area contributed by atoms with Gasteiger partial charge in [-0.05, 0) is 13.0 Å². The lowest BCUT2D eigenvalue weighted by Crippen LogP contribution is -2.51. The van der Waals surface area contributed by atoms with Crippen LogP contribution in [0, 0.1) is 6.92 Å². The summed E-state index contributed by atoms with van der Waals surface area (Å²) >= 11 is 0. The van der Waals surface area contributed by atoms with Gasteiger partial charge in [-0.1, -0.05) is 0 Å². The van der Waals surface area contributed by atoms with Gasteiger partial charge in [-0.2, -0.15) is 9.40 Å². The maximum absolute atomic E-state index is 12.3. The van der Waals surface area contributed by atoms with Crippen LogP contribution < -0.4 is 0 Å². The zero-order valence-electron chi connectivity index (χ0n) is 14.5. The normalized spacial score (nSPS) is 16.0. The van der Waals surface area contributed by atoms with Crippen LogP contribution in [0.1, 0.15) is 16.1 Å². The van der Waals surface area contributed by atoms with E-state index in [-0.39, 0.29) is 37.6 Å². The standard InChI is InChI=1S/C15H19N5O5S/c1-11-13(14-16-4-3-5-20(14)17-11)15(22)25-10-12(21)18-6-8-19(9-7-18)26(2,23)24/h3-5H,6-10H2,1-2H3. The zero-order valence-corrected chi connectivity index (χ0v) is 15.3. The summed E-state index contributed by atoms with van der Waals surface area (Å²) in [5.74, 6) is -1.03. The van der Waals surface area contributed by atoms with Gasteiger partial charge >= 0.3 is 5.97 Å². The summed E-state index contributed by atoms with van der Waals surface area (Å²) in [5.41, 5.74) is 1.05. The number of ether oxygens (including phenoxy) is 1. The number of hydrogen-bond donors (Lipinski definition) is 0. The van der Waals surface area contributed by atoms with Crippen LogP contribution in [0.25, 0.3) is 5.65 Å². The summed E-state index contributed by atoms with van der Waals surface area (Å²) in [5, 5.41) is 4.18. The average Bonchev–Trinajstić information content (AvgIpc) is 2.94. The first kappa shape index (κ1) is 18.3. The van der Waals surface area contributed by atoms with E-state index in [1.54, 1.807) is 25.4 Å².